The highest BCUT2D eigenvalue weighted by Crippen LogP contribution is 2.31. The number of carbonyl (C=O) groups excluding carboxylic acids is 2. The third-order valence-electron chi connectivity index (χ3n) is 4.02. The Labute approximate surface area is 190 Å². The van der Waals surface area contributed by atoms with E-state index in [1.165, 1.54) is 48.7 Å². The standard InChI is InChI=1S/C21H14Cl2F3N3O3/c22-16-7-6-14(10-17(16)23)28-18(30)11-32-20(31)15-5-2-8-27-19(15)29-13-4-1-3-12(9-13)21(24,25)26/h1-10H,11H2,(H,27,29)(H,28,30). The van der Waals surface area contributed by atoms with Crippen LogP contribution in [0.3, 0.4) is 0 Å². The molecule has 0 fully saturated rings. The zero-order chi connectivity index (χ0) is 23.3. The maximum absolute atomic E-state index is 12.9. The molecule has 0 aliphatic carbocycles. The highest BCUT2D eigenvalue weighted by Gasteiger charge is 2.30. The molecule has 3 rings (SSSR count). The van der Waals surface area contributed by atoms with Gasteiger partial charge < -0.3 is 15.4 Å². The van der Waals surface area contributed by atoms with Gasteiger partial charge in [0, 0.05) is 17.6 Å². The van der Waals surface area contributed by atoms with Crippen molar-refractivity contribution in [3.05, 3.63) is 82.0 Å². The van der Waals surface area contributed by atoms with E-state index in [9.17, 15) is 22.8 Å². The van der Waals surface area contributed by atoms with Crippen LogP contribution in [0.5, 0.6) is 0 Å². The molecule has 166 valence electrons. The molecule has 0 bridgehead atoms. The molecular weight excluding hydrogens is 470 g/mol. The second-order valence-electron chi connectivity index (χ2n) is 6.36. The topological polar surface area (TPSA) is 80.3 Å². The van der Waals surface area contributed by atoms with Crippen molar-refractivity contribution in [3.8, 4) is 0 Å². The van der Waals surface area contributed by atoms with E-state index in [1.54, 1.807) is 0 Å². The summed E-state index contributed by atoms with van der Waals surface area (Å²) in [5, 5.41) is 5.71. The highest BCUT2D eigenvalue weighted by atomic mass is 35.5. The van der Waals surface area contributed by atoms with Crippen molar-refractivity contribution in [2.24, 2.45) is 0 Å². The Hall–Kier alpha value is -3.30. The SMILES string of the molecule is O=C(COC(=O)c1cccnc1Nc1cccc(C(F)(F)F)c1)Nc1ccc(Cl)c(Cl)c1. The summed E-state index contributed by atoms with van der Waals surface area (Å²) in [6, 6.07) is 11.7. The number of carbonyl (C=O) groups is 2. The van der Waals surface area contributed by atoms with Gasteiger partial charge in [-0.1, -0.05) is 29.3 Å². The zero-order valence-electron chi connectivity index (χ0n) is 16.0. The molecule has 3 aromatic rings. The molecule has 0 aliphatic rings. The van der Waals surface area contributed by atoms with Crippen LogP contribution in [0.4, 0.5) is 30.4 Å². The molecule has 6 nitrogen and oxygen atoms in total. The van der Waals surface area contributed by atoms with Gasteiger partial charge in [-0.05, 0) is 48.5 Å². The number of alkyl halides is 3. The first kappa shape index (κ1) is 23.4. The van der Waals surface area contributed by atoms with Crippen molar-refractivity contribution in [2.45, 2.75) is 6.18 Å². The van der Waals surface area contributed by atoms with E-state index in [4.69, 9.17) is 27.9 Å². The van der Waals surface area contributed by atoms with Crippen molar-refractivity contribution in [2.75, 3.05) is 17.2 Å². The van der Waals surface area contributed by atoms with Crippen LogP contribution in [0.2, 0.25) is 10.0 Å². The molecule has 0 spiro atoms. The average Bonchev–Trinajstić information content (AvgIpc) is 2.75. The van der Waals surface area contributed by atoms with E-state index >= 15 is 0 Å². The summed E-state index contributed by atoms with van der Waals surface area (Å²) in [7, 11) is 0. The average molecular weight is 484 g/mol. The number of anilines is 3. The number of halogens is 5. The summed E-state index contributed by atoms with van der Waals surface area (Å²) in [5.41, 5.74) is -0.493. The van der Waals surface area contributed by atoms with Crippen LogP contribution < -0.4 is 10.6 Å². The molecule has 1 aromatic heterocycles. The van der Waals surface area contributed by atoms with Gasteiger partial charge in [-0.25, -0.2) is 9.78 Å². The van der Waals surface area contributed by atoms with Gasteiger partial charge in [-0.3, -0.25) is 4.79 Å². The molecule has 0 saturated heterocycles. The summed E-state index contributed by atoms with van der Waals surface area (Å²) in [5.74, 6) is -1.55. The monoisotopic (exact) mass is 483 g/mol. The third-order valence-corrected chi connectivity index (χ3v) is 4.76. The number of hydrogen-bond donors (Lipinski definition) is 2. The van der Waals surface area contributed by atoms with Crippen LogP contribution >= 0.6 is 23.2 Å². The summed E-state index contributed by atoms with van der Waals surface area (Å²) >= 11 is 11.7. The number of hydrogen-bond acceptors (Lipinski definition) is 5. The maximum atomic E-state index is 12.9. The van der Waals surface area contributed by atoms with Crippen LogP contribution in [-0.4, -0.2) is 23.5 Å². The van der Waals surface area contributed by atoms with Gasteiger partial charge in [0.2, 0.25) is 0 Å². The van der Waals surface area contributed by atoms with Gasteiger partial charge in [-0.2, -0.15) is 13.2 Å². The Bertz CT molecular complexity index is 1160. The van der Waals surface area contributed by atoms with Gasteiger partial charge in [0.05, 0.1) is 15.6 Å². The molecule has 0 aliphatic heterocycles. The molecule has 0 saturated carbocycles. The van der Waals surface area contributed by atoms with E-state index in [1.807, 2.05) is 0 Å². The van der Waals surface area contributed by atoms with Crippen molar-refractivity contribution in [3.63, 3.8) is 0 Å². The van der Waals surface area contributed by atoms with Crippen LogP contribution in [0.15, 0.2) is 60.8 Å². The van der Waals surface area contributed by atoms with Crippen LogP contribution in [-0.2, 0) is 15.7 Å². The molecule has 32 heavy (non-hydrogen) atoms. The van der Waals surface area contributed by atoms with Crippen LogP contribution in [0, 0.1) is 0 Å². The lowest BCUT2D eigenvalue weighted by atomic mass is 10.2. The minimum absolute atomic E-state index is 0.0262. The summed E-state index contributed by atoms with van der Waals surface area (Å²) < 4.78 is 43.8. The van der Waals surface area contributed by atoms with E-state index < -0.39 is 30.2 Å². The Morgan fingerprint density at radius 2 is 1.75 bits per heavy atom. The molecule has 0 atom stereocenters. The number of nitrogens with one attached hydrogen (secondary N) is 2. The van der Waals surface area contributed by atoms with Crippen molar-refractivity contribution >= 4 is 52.3 Å². The molecule has 2 aromatic carbocycles. The molecule has 1 amide bonds. The highest BCUT2D eigenvalue weighted by molar-refractivity contribution is 6.42. The lowest BCUT2D eigenvalue weighted by Gasteiger charge is -2.13. The number of rotatable bonds is 6. The molecule has 0 unspecified atom stereocenters. The number of benzene rings is 2. The van der Waals surface area contributed by atoms with Gasteiger partial charge in [0.1, 0.15) is 11.4 Å². The summed E-state index contributed by atoms with van der Waals surface area (Å²) in [4.78, 5) is 28.5. The number of ether oxygens (including phenoxy) is 1. The molecular formula is C21H14Cl2F3N3O3. The molecule has 11 heteroatoms. The number of amides is 1. The number of nitrogens with zero attached hydrogens (tertiary/aromatic N) is 1. The quantitative estimate of drug-likeness (QED) is 0.423. The van der Waals surface area contributed by atoms with Crippen molar-refractivity contribution < 1.29 is 27.5 Å². The minimum Gasteiger partial charge on any atom is -0.452 e. The predicted octanol–water partition coefficient (Wildman–Crippen LogP) is 5.95. The largest absolute Gasteiger partial charge is 0.452 e. The first-order valence-electron chi connectivity index (χ1n) is 8.95. The van der Waals surface area contributed by atoms with Crippen LogP contribution in [0.25, 0.3) is 0 Å². The fourth-order valence-electron chi connectivity index (χ4n) is 2.56. The lowest BCUT2D eigenvalue weighted by molar-refractivity contribution is -0.137. The van der Waals surface area contributed by atoms with Gasteiger partial charge >= 0.3 is 12.1 Å². The minimum atomic E-state index is -4.52. The zero-order valence-corrected chi connectivity index (χ0v) is 17.6. The number of aromatic nitrogens is 1. The molecule has 2 N–H and O–H groups in total. The van der Waals surface area contributed by atoms with E-state index in [-0.39, 0.29) is 22.1 Å². The first-order valence-corrected chi connectivity index (χ1v) is 9.70. The molecule has 1 heterocycles. The second kappa shape index (κ2) is 9.88. The number of pyridine rings is 1. The van der Waals surface area contributed by atoms with Crippen LogP contribution in [0.1, 0.15) is 15.9 Å². The van der Waals surface area contributed by atoms with E-state index in [0.29, 0.717) is 10.7 Å². The van der Waals surface area contributed by atoms with Gasteiger partial charge in [-0.15, -0.1) is 0 Å². The predicted molar refractivity (Wildman–Crippen MR) is 114 cm³/mol. The Kier molecular flexibility index (Phi) is 7.22. The molecule has 0 radical (unpaired) electrons. The fourth-order valence-corrected chi connectivity index (χ4v) is 2.86. The Morgan fingerprint density at radius 1 is 0.969 bits per heavy atom. The summed E-state index contributed by atoms with van der Waals surface area (Å²) in [6.07, 6.45) is -3.17. The smallest absolute Gasteiger partial charge is 0.416 e. The fraction of sp³-hybridized carbons (Fsp3) is 0.0952. The van der Waals surface area contributed by atoms with E-state index in [2.05, 4.69) is 15.6 Å². The second-order valence-corrected chi connectivity index (χ2v) is 7.17. The van der Waals surface area contributed by atoms with Crippen molar-refractivity contribution in [1.82, 2.24) is 4.98 Å². The van der Waals surface area contributed by atoms with E-state index in [0.717, 1.165) is 12.1 Å². The first-order chi connectivity index (χ1) is 15.1. The maximum Gasteiger partial charge on any atom is 0.416 e. The summed E-state index contributed by atoms with van der Waals surface area (Å²) in [6.45, 7) is -0.614. The lowest BCUT2D eigenvalue weighted by Crippen LogP contribution is -2.21. The Morgan fingerprint density at radius 3 is 2.47 bits per heavy atom. The normalized spacial score (nSPS) is 11.0. The number of esters is 1. The van der Waals surface area contributed by atoms with Crippen molar-refractivity contribution in [1.29, 1.82) is 0 Å². The van der Waals surface area contributed by atoms with Gasteiger partial charge in [0.15, 0.2) is 6.61 Å². The van der Waals surface area contributed by atoms with Gasteiger partial charge in [0.25, 0.3) is 5.91 Å². The third kappa shape index (κ3) is 6.12. The Balaban J connectivity index is 1.66.